The molecule has 4 aromatic rings. The number of aromatic amines is 1. The minimum Gasteiger partial charge on any atom is -0.333 e. The number of H-pyrrole nitrogens is 1. The molecule has 0 saturated carbocycles. The summed E-state index contributed by atoms with van der Waals surface area (Å²) in [6, 6.07) is 2.24. The predicted molar refractivity (Wildman–Crippen MR) is 104 cm³/mol. The molecule has 2 N–H and O–H groups in total. The number of nitrogens with one attached hydrogen (secondary N) is 2. The third kappa shape index (κ3) is 3.46. The lowest BCUT2D eigenvalue weighted by atomic mass is 9.94. The maximum Gasteiger partial charge on any atom is 0.263 e. The van der Waals surface area contributed by atoms with Crippen LogP contribution in [0.5, 0.6) is 0 Å². The Kier molecular flexibility index (Phi) is 5.31. The van der Waals surface area contributed by atoms with E-state index >= 15 is 0 Å². The van der Waals surface area contributed by atoms with Crippen LogP contribution in [0, 0.1) is 11.6 Å². The largest absolute Gasteiger partial charge is 0.333 e. The summed E-state index contributed by atoms with van der Waals surface area (Å²) >= 11 is 0. The zero-order chi connectivity index (χ0) is 20.0. The Hall–Kier alpha value is -3.18. The molecule has 0 amide bonds. The number of aromatic nitrogens is 6. The van der Waals surface area contributed by atoms with Gasteiger partial charge in [-0.25, -0.2) is 18.3 Å². The molecule has 4 aromatic heterocycles. The molecule has 1 saturated heterocycles. The molecule has 5 heterocycles. The second-order valence-corrected chi connectivity index (χ2v) is 6.81. The van der Waals surface area contributed by atoms with Crippen molar-refractivity contribution in [1.82, 2.24) is 35.0 Å². The molecule has 12 heteroatoms. The monoisotopic (exact) mass is 435 g/mol. The fourth-order valence-electron chi connectivity index (χ4n) is 3.59. The average Bonchev–Trinajstić information content (AvgIpc) is 3.35. The molecule has 0 aliphatic carbocycles. The topological polar surface area (TPSA) is 114 Å². The zero-order valence-corrected chi connectivity index (χ0v) is 16.2. The van der Waals surface area contributed by atoms with Gasteiger partial charge in [0.1, 0.15) is 22.7 Å². The van der Waals surface area contributed by atoms with E-state index in [9.17, 15) is 13.6 Å². The Balaban J connectivity index is 0.00000218. The van der Waals surface area contributed by atoms with Gasteiger partial charge in [0.05, 0.1) is 18.1 Å². The van der Waals surface area contributed by atoms with E-state index in [0.29, 0.717) is 17.3 Å². The Bertz CT molecular complexity index is 1260. The van der Waals surface area contributed by atoms with Crippen LogP contribution >= 0.6 is 12.4 Å². The number of rotatable bonds is 3. The van der Waals surface area contributed by atoms with Gasteiger partial charge in [-0.15, -0.1) is 12.4 Å². The summed E-state index contributed by atoms with van der Waals surface area (Å²) in [5, 5.41) is 11.4. The van der Waals surface area contributed by atoms with E-state index in [4.69, 9.17) is 4.52 Å². The third-order valence-electron chi connectivity index (χ3n) is 4.97. The van der Waals surface area contributed by atoms with Crippen molar-refractivity contribution < 1.29 is 13.3 Å². The number of piperidine rings is 1. The van der Waals surface area contributed by atoms with E-state index in [1.807, 2.05) is 0 Å². The first-order chi connectivity index (χ1) is 14.1. The highest BCUT2D eigenvalue weighted by molar-refractivity contribution is 5.85. The van der Waals surface area contributed by atoms with Gasteiger partial charge in [0, 0.05) is 18.1 Å². The molecule has 1 aliphatic heterocycles. The molecule has 0 unspecified atom stereocenters. The highest BCUT2D eigenvalue weighted by atomic mass is 35.5. The number of hydrogen-bond acceptors (Lipinski definition) is 7. The van der Waals surface area contributed by atoms with E-state index in [1.165, 1.54) is 6.20 Å². The molecule has 5 rings (SSSR count). The van der Waals surface area contributed by atoms with Gasteiger partial charge in [-0.3, -0.25) is 4.79 Å². The third-order valence-corrected chi connectivity index (χ3v) is 4.97. The van der Waals surface area contributed by atoms with Crippen LogP contribution in [-0.2, 0) is 0 Å². The van der Waals surface area contributed by atoms with Gasteiger partial charge < -0.3 is 14.8 Å². The predicted octanol–water partition coefficient (Wildman–Crippen LogP) is 2.30. The molecule has 0 spiro atoms. The van der Waals surface area contributed by atoms with Crippen molar-refractivity contribution in [3.05, 3.63) is 52.2 Å². The average molecular weight is 436 g/mol. The van der Waals surface area contributed by atoms with Crippen molar-refractivity contribution in [2.45, 2.75) is 18.8 Å². The van der Waals surface area contributed by atoms with Gasteiger partial charge in [-0.1, -0.05) is 5.16 Å². The minimum atomic E-state index is -0.904. The highest BCUT2D eigenvalue weighted by Crippen LogP contribution is 2.29. The lowest BCUT2D eigenvalue weighted by Gasteiger charge is -2.23. The minimum absolute atomic E-state index is 0. The molecule has 30 heavy (non-hydrogen) atoms. The van der Waals surface area contributed by atoms with Crippen molar-refractivity contribution in [2.75, 3.05) is 13.1 Å². The SMILES string of the molecule is Cl.O=c1cc(C2CCNCC2)n2ncc(-c3nc(-c4ncc(F)cc4F)no3)c2[nH]1. The van der Waals surface area contributed by atoms with Crippen LogP contribution in [0.15, 0.2) is 33.8 Å². The summed E-state index contributed by atoms with van der Waals surface area (Å²) in [6.07, 6.45) is 4.16. The summed E-state index contributed by atoms with van der Waals surface area (Å²) in [5.41, 5.74) is 1.12. The molecule has 9 nitrogen and oxygen atoms in total. The van der Waals surface area contributed by atoms with Gasteiger partial charge in [0.2, 0.25) is 5.82 Å². The van der Waals surface area contributed by atoms with Gasteiger partial charge >= 0.3 is 0 Å². The standard InChI is InChI=1S/C18H15F2N7O2.ClH/c19-10-5-12(20)15(22-7-10)16-25-18(29-26-16)11-8-23-27-13(6-14(28)24-17(11)27)9-1-3-21-4-2-9;/h5-9,21H,1-4H2,(H,24,28);1H. The summed E-state index contributed by atoms with van der Waals surface area (Å²) in [5.74, 6) is -1.60. The summed E-state index contributed by atoms with van der Waals surface area (Å²) in [7, 11) is 0. The maximum atomic E-state index is 14.0. The first kappa shape index (κ1) is 20.1. The molecule has 0 atom stereocenters. The summed E-state index contributed by atoms with van der Waals surface area (Å²) in [4.78, 5) is 22.8. The van der Waals surface area contributed by atoms with E-state index in [1.54, 1.807) is 10.6 Å². The Labute approximate surface area is 173 Å². The second kappa shape index (κ2) is 7.92. The van der Waals surface area contributed by atoms with Gasteiger partial charge in [0.15, 0.2) is 5.82 Å². The van der Waals surface area contributed by atoms with Gasteiger partial charge in [-0.05, 0) is 25.9 Å². The van der Waals surface area contributed by atoms with Crippen molar-refractivity contribution in [1.29, 1.82) is 0 Å². The molecule has 1 fully saturated rings. The number of nitrogens with zero attached hydrogens (tertiary/aromatic N) is 5. The van der Waals surface area contributed by atoms with Crippen LogP contribution in [0.4, 0.5) is 8.78 Å². The Morgan fingerprint density at radius 2 is 1.97 bits per heavy atom. The molecule has 0 bridgehead atoms. The lowest BCUT2D eigenvalue weighted by molar-refractivity contribution is 0.431. The van der Waals surface area contributed by atoms with Crippen LogP contribution in [-0.4, -0.2) is 42.8 Å². The molecular weight excluding hydrogens is 420 g/mol. The summed E-state index contributed by atoms with van der Waals surface area (Å²) < 4.78 is 33.9. The fraction of sp³-hybridized carbons (Fsp3) is 0.278. The van der Waals surface area contributed by atoms with E-state index in [2.05, 4.69) is 30.5 Å². The fourth-order valence-corrected chi connectivity index (χ4v) is 3.59. The van der Waals surface area contributed by atoms with Gasteiger partial charge in [0.25, 0.3) is 11.4 Å². The number of halogens is 3. The van der Waals surface area contributed by atoms with Crippen LogP contribution in [0.3, 0.4) is 0 Å². The van der Waals surface area contributed by atoms with Crippen LogP contribution in [0.25, 0.3) is 28.6 Å². The molecule has 1 aliphatic rings. The zero-order valence-electron chi connectivity index (χ0n) is 15.4. The molecule has 0 radical (unpaired) electrons. The summed E-state index contributed by atoms with van der Waals surface area (Å²) in [6.45, 7) is 1.74. The van der Waals surface area contributed by atoms with E-state index < -0.39 is 11.6 Å². The maximum absolute atomic E-state index is 14.0. The first-order valence-corrected chi connectivity index (χ1v) is 9.07. The van der Waals surface area contributed by atoms with Gasteiger partial charge in [-0.2, -0.15) is 10.1 Å². The Morgan fingerprint density at radius 1 is 1.17 bits per heavy atom. The molecule has 0 aromatic carbocycles. The number of fused-ring (bicyclic) bond motifs is 1. The lowest BCUT2D eigenvalue weighted by Crippen LogP contribution is -2.28. The van der Waals surface area contributed by atoms with E-state index in [-0.39, 0.29) is 41.3 Å². The van der Waals surface area contributed by atoms with Crippen molar-refractivity contribution >= 4 is 18.1 Å². The normalized spacial score (nSPS) is 14.7. The van der Waals surface area contributed by atoms with Crippen molar-refractivity contribution in [2.24, 2.45) is 0 Å². The molecule has 156 valence electrons. The number of hydrogen-bond donors (Lipinski definition) is 2. The van der Waals surface area contributed by atoms with Crippen LogP contribution in [0.2, 0.25) is 0 Å². The van der Waals surface area contributed by atoms with E-state index in [0.717, 1.165) is 37.8 Å². The second-order valence-electron chi connectivity index (χ2n) is 6.81. The Morgan fingerprint density at radius 3 is 2.73 bits per heavy atom. The van der Waals surface area contributed by atoms with Crippen LogP contribution < -0.4 is 10.9 Å². The smallest absolute Gasteiger partial charge is 0.263 e. The number of pyridine rings is 1. The first-order valence-electron chi connectivity index (χ1n) is 9.07. The van der Waals surface area contributed by atoms with Crippen molar-refractivity contribution in [3.63, 3.8) is 0 Å². The molecular formula is C18H16ClF2N7O2. The van der Waals surface area contributed by atoms with Crippen LogP contribution in [0.1, 0.15) is 24.5 Å². The highest BCUT2D eigenvalue weighted by Gasteiger charge is 2.23. The van der Waals surface area contributed by atoms with Crippen molar-refractivity contribution in [3.8, 4) is 23.0 Å². The quantitative estimate of drug-likeness (QED) is 0.507.